The monoisotopic (exact) mass is 258 g/mol. The Morgan fingerprint density at radius 2 is 1.72 bits per heavy atom. The van der Waals surface area contributed by atoms with Crippen molar-refractivity contribution in [2.24, 2.45) is 0 Å². The lowest BCUT2D eigenvalue weighted by molar-refractivity contribution is -0.00138. The Kier molecular flexibility index (Phi) is 11.5. The highest BCUT2D eigenvalue weighted by atomic mass is 16.5. The number of hydrogen-bond acceptors (Lipinski definition) is 5. The van der Waals surface area contributed by atoms with Gasteiger partial charge in [0.05, 0.1) is 19.8 Å². The molecule has 0 saturated carbocycles. The molecule has 0 aliphatic carbocycles. The highest BCUT2D eigenvalue weighted by Gasteiger charge is 2.00. The van der Waals surface area contributed by atoms with E-state index >= 15 is 0 Å². The van der Waals surface area contributed by atoms with Crippen molar-refractivity contribution in [2.75, 3.05) is 33.0 Å². The fourth-order valence-electron chi connectivity index (χ4n) is 1.01. The first-order valence-electron chi connectivity index (χ1n) is 5.90. The minimum atomic E-state index is -0.804. The van der Waals surface area contributed by atoms with Gasteiger partial charge in [-0.2, -0.15) is 0 Å². The lowest BCUT2D eigenvalue weighted by Crippen LogP contribution is -2.21. The summed E-state index contributed by atoms with van der Waals surface area (Å²) in [7, 11) is 0. The van der Waals surface area contributed by atoms with Gasteiger partial charge < -0.3 is 24.8 Å². The van der Waals surface area contributed by atoms with E-state index in [1.54, 1.807) is 6.92 Å². The molecule has 5 heteroatoms. The molecular formula is C13H22O5. The van der Waals surface area contributed by atoms with Gasteiger partial charge in [-0.05, 0) is 19.1 Å². The van der Waals surface area contributed by atoms with Crippen molar-refractivity contribution in [2.45, 2.75) is 13.0 Å². The van der Waals surface area contributed by atoms with Gasteiger partial charge in [0.15, 0.2) is 0 Å². The lowest BCUT2D eigenvalue weighted by atomic mass is 10.3. The average molecular weight is 258 g/mol. The van der Waals surface area contributed by atoms with E-state index in [0.29, 0.717) is 13.2 Å². The molecule has 1 atom stereocenters. The summed E-state index contributed by atoms with van der Waals surface area (Å²) in [6.07, 6.45) is -0.804. The minimum Gasteiger partial charge on any atom is -0.491 e. The Morgan fingerprint density at radius 3 is 2.28 bits per heavy atom. The first-order valence-corrected chi connectivity index (χ1v) is 5.90. The zero-order valence-corrected chi connectivity index (χ0v) is 10.7. The molecule has 104 valence electrons. The van der Waals surface area contributed by atoms with Crippen LogP contribution in [0.3, 0.4) is 0 Å². The smallest absolute Gasteiger partial charge is 0.119 e. The van der Waals surface area contributed by atoms with E-state index < -0.39 is 6.10 Å². The van der Waals surface area contributed by atoms with Gasteiger partial charge in [-0.3, -0.25) is 0 Å². The fourth-order valence-corrected chi connectivity index (χ4v) is 1.01. The largest absolute Gasteiger partial charge is 0.491 e. The second-order valence-corrected chi connectivity index (χ2v) is 3.39. The number of rotatable bonds is 7. The van der Waals surface area contributed by atoms with Crippen LogP contribution in [-0.4, -0.2) is 54.5 Å². The number of hydrogen-bond donors (Lipinski definition) is 3. The first-order chi connectivity index (χ1) is 8.74. The normalized spacial score (nSPS) is 11.3. The van der Waals surface area contributed by atoms with Crippen LogP contribution >= 0.6 is 0 Å². The van der Waals surface area contributed by atoms with Crippen LogP contribution < -0.4 is 4.74 Å². The summed E-state index contributed by atoms with van der Waals surface area (Å²) in [6.45, 7) is 2.61. The van der Waals surface area contributed by atoms with Gasteiger partial charge in [-0.25, -0.2) is 0 Å². The standard InChI is InChI=1S/C11H16O4.C2H6O/c12-8-10(13)9-14-6-7-15-11-4-2-1-3-5-11;1-2-3/h1-5,10,12-13H,6-9H2;3H,2H2,1H3. The summed E-state index contributed by atoms with van der Waals surface area (Å²) in [6, 6.07) is 9.43. The molecule has 0 aliphatic heterocycles. The highest BCUT2D eigenvalue weighted by molar-refractivity contribution is 5.20. The molecule has 0 amide bonds. The van der Waals surface area contributed by atoms with Gasteiger partial charge in [0.2, 0.25) is 0 Å². The van der Waals surface area contributed by atoms with Gasteiger partial charge in [0.1, 0.15) is 18.5 Å². The van der Waals surface area contributed by atoms with Crippen molar-refractivity contribution in [1.82, 2.24) is 0 Å². The number of aliphatic hydroxyl groups excluding tert-OH is 3. The Morgan fingerprint density at radius 1 is 1.11 bits per heavy atom. The van der Waals surface area contributed by atoms with Crippen LogP contribution in [0.1, 0.15) is 6.92 Å². The Labute approximate surface area is 108 Å². The molecule has 0 aliphatic rings. The second kappa shape index (κ2) is 12.3. The van der Waals surface area contributed by atoms with Gasteiger partial charge >= 0.3 is 0 Å². The van der Waals surface area contributed by atoms with Gasteiger partial charge in [0, 0.05) is 6.61 Å². The van der Waals surface area contributed by atoms with Crippen molar-refractivity contribution < 1.29 is 24.8 Å². The van der Waals surface area contributed by atoms with E-state index in [0.717, 1.165) is 5.75 Å². The number of para-hydroxylation sites is 1. The summed E-state index contributed by atoms with van der Waals surface area (Å²) in [4.78, 5) is 0. The summed E-state index contributed by atoms with van der Waals surface area (Å²) >= 11 is 0. The van der Waals surface area contributed by atoms with Crippen molar-refractivity contribution in [3.05, 3.63) is 30.3 Å². The molecule has 3 N–H and O–H groups in total. The van der Waals surface area contributed by atoms with Gasteiger partial charge in [-0.1, -0.05) is 18.2 Å². The molecule has 18 heavy (non-hydrogen) atoms. The second-order valence-electron chi connectivity index (χ2n) is 3.39. The fraction of sp³-hybridized carbons (Fsp3) is 0.538. The maximum absolute atomic E-state index is 8.96. The van der Waals surface area contributed by atoms with Crippen molar-refractivity contribution >= 4 is 0 Å². The predicted molar refractivity (Wildman–Crippen MR) is 68.6 cm³/mol. The molecule has 1 aromatic carbocycles. The predicted octanol–water partition coefficient (Wildman–Crippen LogP) is 0.434. The first kappa shape index (κ1) is 16.9. The molecule has 1 aromatic rings. The van der Waals surface area contributed by atoms with Crippen LogP contribution in [0.4, 0.5) is 0 Å². The van der Waals surface area contributed by atoms with Crippen molar-refractivity contribution in [1.29, 1.82) is 0 Å². The summed E-state index contributed by atoms with van der Waals surface area (Å²) in [5.74, 6) is 0.795. The minimum absolute atomic E-state index is 0.134. The molecule has 0 spiro atoms. The molecule has 0 bridgehead atoms. The van der Waals surface area contributed by atoms with Gasteiger partial charge in [-0.15, -0.1) is 0 Å². The topological polar surface area (TPSA) is 79.2 Å². The van der Waals surface area contributed by atoms with E-state index in [-0.39, 0.29) is 19.8 Å². The van der Waals surface area contributed by atoms with E-state index in [1.807, 2.05) is 30.3 Å². The van der Waals surface area contributed by atoms with Gasteiger partial charge in [0.25, 0.3) is 0 Å². The molecule has 0 fully saturated rings. The zero-order valence-electron chi connectivity index (χ0n) is 10.7. The van der Waals surface area contributed by atoms with Crippen LogP contribution in [0, 0.1) is 0 Å². The third-order valence-electron chi connectivity index (χ3n) is 1.76. The molecule has 0 radical (unpaired) electrons. The number of benzene rings is 1. The van der Waals surface area contributed by atoms with E-state index in [2.05, 4.69) is 0 Å². The molecular weight excluding hydrogens is 236 g/mol. The summed E-state index contributed by atoms with van der Waals surface area (Å²) < 4.78 is 10.4. The van der Waals surface area contributed by atoms with Crippen molar-refractivity contribution in [3.8, 4) is 5.75 Å². The molecule has 0 aromatic heterocycles. The highest BCUT2D eigenvalue weighted by Crippen LogP contribution is 2.07. The van der Waals surface area contributed by atoms with Crippen LogP contribution in [0.5, 0.6) is 5.75 Å². The zero-order chi connectivity index (χ0) is 13.6. The molecule has 0 heterocycles. The van der Waals surface area contributed by atoms with Crippen molar-refractivity contribution in [3.63, 3.8) is 0 Å². The molecule has 1 rings (SSSR count). The number of ether oxygens (including phenoxy) is 2. The van der Waals surface area contributed by atoms with Crippen LogP contribution in [0.25, 0.3) is 0 Å². The quantitative estimate of drug-likeness (QED) is 0.618. The van der Waals surface area contributed by atoms with Crippen LogP contribution in [0.15, 0.2) is 30.3 Å². The van der Waals surface area contributed by atoms with Crippen LogP contribution in [-0.2, 0) is 4.74 Å². The molecule has 0 saturated heterocycles. The Balaban J connectivity index is 0.000000873. The van der Waals surface area contributed by atoms with E-state index in [4.69, 9.17) is 24.8 Å². The summed E-state index contributed by atoms with van der Waals surface area (Å²) in [5, 5.41) is 25.0. The maximum Gasteiger partial charge on any atom is 0.119 e. The number of aliphatic hydroxyl groups is 3. The van der Waals surface area contributed by atoms with Crippen LogP contribution in [0.2, 0.25) is 0 Å². The Bertz CT molecular complexity index is 265. The summed E-state index contributed by atoms with van der Waals surface area (Å²) in [5.41, 5.74) is 0. The van der Waals surface area contributed by atoms with E-state index in [1.165, 1.54) is 0 Å². The maximum atomic E-state index is 8.96. The molecule has 5 nitrogen and oxygen atoms in total. The third-order valence-corrected chi connectivity index (χ3v) is 1.76. The Hall–Kier alpha value is -1.14. The van der Waals surface area contributed by atoms with E-state index in [9.17, 15) is 0 Å². The SMILES string of the molecule is CCO.OCC(O)COCCOc1ccccc1. The average Bonchev–Trinajstić information content (AvgIpc) is 2.40. The molecule has 1 unspecified atom stereocenters. The lowest BCUT2D eigenvalue weighted by Gasteiger charge is -2.09. The third kappa shape index (κ3) is 10.0.